The van der Waals surface area contributed by atoms with Gasteiger partial charge in [0.2, 0.25) is 9.70 Å². The number of halogens is 3. The number of nitrogens with one attached hydrogen (secondary N) is 3. The van der Waals surface area contributed by atoms with Crippen molar-refractivity contribution in [2.75, 3.05) is 5.32 Å². The topological polar surface area (TPSA) is 53.2 Å². The average Bonchev–Trinajstić information content (AvgIpc) is 2.35. The maximum atomic E-state index is 11.9. The molecule has 0 aromatic heterocycles. The van der Waals surface area contributed by atoms with Crippen molar-refractivity contribution in [1.82, 2.24) is 10.6 Å². The summed E-state index contributed by atoms with van der Waals surface area (Å²) in [7, 11) is 0. The second-order valence-corrected chi connectivity index (χ2v) is 8.39. The zero-order valence-corrected chi connectivity index (χ0v) is 16.2. The zero-order chi connectivity index (χ0) is 17.6. The van der Waals surface area contributed by atoms with Crippen LogP contribution in [0.5, 0.6) is 0 Å². The highest BCUT2D eigenvalue weighted by atomic mass is 35.6. The van der Waals surface area contributed by atoms with Gasteiger partial charge in [0, 0.05) is 12.1 Å². The van der Waals surface area contributed by atoms with Crippen LogP contribution in [-0.4, -0.2) is 21.0 Å². The van der Waals surface area contributed by atoms with Crippen molar-refractivity contribution >= 4 is 63.7 Å². The van der Waals surface area contributed by atoms with Crippen molar-refractivity contribution in [3.63, 3.8) is 0 Å². The van der Waals surface area contributed by atoms with Gasteiger partial charge in [-0.05, 0) is 42.8 Å². The van der Waals surface area contributed by atoms with E-state index in [0.29, 0.717) is 6.42 Å². The largest absolute Gasteiger partial charge is 0.339 e. The minimum atomic E-state index is -1.75. The Labute approximate surface area is 157 Å². The van der Waals surface area contributed by atoms with Gasteiger partial charge in [0.1, 0.15) is 6.17 Å². The van der Waals surface area contributed by atoms with Crippen LogP contribution >= 0.6 is 47.0 Å². The summed E-state index contributed by atoms with van der Waals surface area (Å²) in [4.78, 5) is 11.9. The molecule has 0 aliphatic carbocycles. The number of benzene rings is 1. The van der Waals surface area contributed by atoms with E-state index >= 15 is 0 Å². The molecule has 128 valence electrons. The van der Waals surface area contributed by atoms with Gasteiger partial charge in [0.25, 0.3) is 0 Å². The highest BCUT2D eigenvalue weighted by Crippen LogP contribution is 2.29. The first kappa shape index (κ1) is 20.3. The molecule has 4 nitrogen and oxygen atoms in total. The van der Waals surface area contributed by atoms with E-state index in [4.69, 9.17) is 47.0 Å². The lowest BCUT2D eigenvalue weighted by molar-refractivity contribution is -0.122. The molecule has 0 spiro atoms. The average molecular weight is 397 g/mol. The third-order valence-electron chi connectivity index (χ3n) is 2.78. The van der Waals surface area contributed by atoms with Crippen LogP contribution in [0.3, 0.4) is 0 Å². The van der Waals surface area contributed by atoms with Gasteiger partial charge >= 0.3 is 0 Å². The zero-order valence-electron chi connectivity index (χ0n) is 13.1. The number of carbonyl (C=O) groups is 1. The molecule has 1 rings (SSSR count). The number of alkyl halides is 3. The number of anilines is 1. The Kier molecular flexibility index (Phi) is 7.87. The van der Waals surface area contributed by atoms with E-state index in [1.165, 1.54) is 0 Å². The summed E-state index contributed by atoms with van der Waals surface area (Å²) in [5, 5.41) is 8.70. The Morgan fingerprint density at radius 3 is 2.43 bits per heavy atom. The summed E-state index contributed by atoms with van der Waals surface area (Å²) < 4.78 is -1.75. The second-order valence-electron chi connectivity index (χ2n) is 5.61. The van der Waals surface area contributed by atoms with Gasteiger partial charge in [-0.1, -0.05) is 60.8 Å². The lowest BCUT2D eigenvalue weighted by Crippen LogP contribution is -2.56. The standard InChI is InChI=1S/C15H20Cl3N3OS/c1-9(2)7-12(22)20-13(15(16,17)18)21-14(23)19-11-6-4-5-10(3)8-11/h4-6,8-9,13H,7H2,1-3H3,(H,20,22)(H2,19,21,23). The van der Waals surface area contributed by atoms with Crippen molar-refractivity contribution in [3.05, 3.63) is 29.8 Å². The van der Waals surface area contributed by atoms with Gasteiger partial charge in [-0.25, -0.2) is 0 Å². The first-order chi connectivity index (χ1) is 10.6. The van der Waals surface area contributed by atoms with Gasteiger partial charge in [-0.15, -0.1) is 0 Å². The summed E-state index contributed by atoms with van der Waals surface area (Å²) in [5.74, 6) is -0.0226. The molecule has 1 unspecified atom stereocenters. The Morgan fingerprint density at radius 2 is 1.91 bits per heavy atom. The molecule has 3 N–H and O–H groups in total. The number of rotatable bonds is 5. The van der Waals surface area contributed by atoms with Crippen molar-refractivity contribution in [2.45, 2.75) is 37.2 Å². The predicted octanol–water partition coefficient (Wildman–Crippen LogP) is 4.14. The van der Waals surface area contributed by atoms with E-state index in [1.807, 2.05) is 45.0 Å². The van der Waals surface area contributed by atoms with E-state index in [0.717, 1.165) is 11.3 Å². The lowest BCUT2D eigenvalue weighted by atomic mass is 10.1. The summed E-state index contributed by atoms with van der Waals surface area (Å²) in [5.41, 5.74) is 1.89. The molecule has 0 saturated heterocycles. The highest BCUT2D eigenvalue weighted by molar-refractivity contribution is 7.80. The Morgan fingerprint density at radius 1 is 1.26 bits per heavy atom. The summed E-state index contributed by atoms with van der Waals surface area (Å²) in [6.45, 7) is 5.83. The van der Waals surface area contributed by atoms with E-state index in [1.54, 1.807) is 0 Å². The molecule has 8 heteroatoms. The minimum absolute atomic E-state index is 0.198. The minimum Gasteiger partial charge on any atom is -0.339 e. The molecule has 1 atom stereocenters. The molecule has 0 saturated carbocycles. The fourth-order valence-corrected chi connectivity index (χ4v) is 2.37. The highest BCUT2D eigenvalue weighted by Gasteiger charge is 2.34. The van der Waals surface area contributed by atoms with Crippen molar-refractivity contribution in [1.29, 1.82) is 0 Å². The molecule has 0 bridgehead atoms. The molecular formula is C15H20Cl3N3OS. The number of amides is 1. The van der Waals surface area contributed by atoms with Crippen LogP contribution in [0, 0.1) is 12.8 Å². The number of hydrogen-bond acceptors (Lipinski definition) is 2. The maximum Gasteiger partial charge on any atom is 0.228 e. The number of aryl methyl sites for hydroxylation is 1. The first-order valence-electron chi connectivity index (χ1n) is 7.08. The Hall–Kier alpha value is -0.750. The van der Waals surface area contributed by atoms with E-state index < -0.39 is 9.96 Å². The quantitative estimate of drug-likeness (QED) is 0.398. The molecule has 1 aromatic carbocycles. The Bertz CT molecular complexity index is 561. The third kappa shape index (κ3) is 8.06. The van der Waals surface area contributed by atoms with Gasteiger partial charge in [-0.2, -0.15) is 0 Å². The van der Waals surface area contributed by atoms with Crippen LogP contribution in [0.1, 0.15) is 25.8 Å². The van der Waals surface area contributed by atoms with Crippen LogP contribution in [0.15, 0.2) is 24.3 Å². The smallest absolute Gasteiger partial charge is 0.228 e. The van der Waals surface area contributed by atoms with E-state index in [-0.39, 0.29) is 16.9 Å². The number of thiocarbonyl (C=S) groups is 1. The summed E-state index contributed by atoms with van der Waals surface area (Å²) >= 11 is 23.0. The molecule has 0 aliphatic heterocycles. The Balaban J connectivity index is 2.69. The predicted molar refractivity (Wildman–Crippen MR) is 102 cm³/mol. The molecular weight excluding hydrogens is 377 g/mol. The molecule has 0 radical (unpaired) electrons. The molecule has 1 amide bonds. The molecule has 0 aliphatic rings. The second kappa shape index (κ2) is 8.92. The van der Waals surface area contributed by atoms with Crippen LogP contribution < -0.4 is 16.0 Å². The van der Waals surface area contributed by atoms with Crippen molar-refractivity contribution in [2.24, 2.45) is 5.92 Å². The monoisotopic (exact) mass is 395 g/mol. The van der Waals surface area contributed by atoms with Crippen molar-refractivity contribution < 1.29 is 4.79 Å². The maximum absolute atomic E-state index is 11.9. The number of hydrogen-bond donors (Lipinski definition) is 3. The molecule has 0 fully saturated rings. The molecule has 1 aromatic rings. The lowest BCUT2D eigenvalue weighted by Gasteiger charge is -2.28. The molecule has 23 heavy (non-hydrogen) atoms. The van der Waals surface area contributed by atoms with Gasteiger partial charge < -0.3 is 16.0 Å². The van der Waals surface area contributed by atoms with Crippen molar-refractivity contribution in [3.8, 4) is 0 Å². The fraction of sp³-hybridized carbons (Fsp3) is 0.467. The molecule has 0 heterocycles. The first-order valence-corrected chi connectivity index (χ1v) is 8.62. The normalized spacial score (nSPS) is 12.7. The SMILES string of the molecule is Cc1cccc(NC(=S)NC(NC(=O)CC(C)C)C(Cl)(Cl)Cl)c1. The third-order valence-corrected chi connectivity index (χ3v) is 3.65. The number of carbonyl (C=O) groups excluding carboxylic acids is 1. The van der Waals surface area contributed by atoms with Crippen LogP contribution in [0.4, 0.5) is 5.69 Å². The summed E-state index contributed by atoms with van der Waals surface area (Å²) in [6.07, 6.45) is -0.611. The van der Waals surface area contributed by atoms with Gasteiger partial charge in [-0.3, -0.25) is 4.79 Å². The van der Waals surface area contributed by atoms with Gasteiger partial charge in [0.05, 0.1) is 0 Å². The summed E-state index contributed by atoms with van der Waals surface area (Å²) in [6, 6.07) is 7.66. The van der Waals surface area contributed by atoms with Gasteiger partial charge in [0.15, 0.2) is 5.11 Å². The van der Waals surface area contributed by atoms with Crippen LogP contribution in [-0.2, 0) is 4.79 Å². The van der Waals surface area contributed by atoms with Crippen LogP contribution in [0.2, 0.25) is 0 Å². The van der Waals surface area contributed by atoms with E-state index in [2.05, 4.69) is 16.0 Å². The van der Waals surface area contributed by atoms with Crippen LogP contribution in [0.25, 0.3) is 0 Å². The fourth-order valence-electron chi connectivity index (χ4n) is 1.81. The van der Waals surface area contributed by atoms with E-state index in [9.17, 15) is 4.79 Å².